The van der Waals surface area contributed by atoms with Crippen molar-refractivity contribution in [2.45, 2.75) is 33.2 Å². The summed E-state index contributed by atoms with van der Waals surface area (Å²) in [6.45, 7) is 5.58. The maximum absolute atomic E-state index is 12.9. The molecule has 146 valence electrons. The minimum atomic E-state index is -3.65. The zero-order valence-corrected chi connectivity index (χ0v) is 16.8. The molecule has 0 heterocycles. The highest BCUT2D eigenvalue weighted by atomic mass is 32.2. The van der Waals surface area contributed by atoms with E-state index in [1.54, 1.807) is 25.1 Å². The lowest BCUT2D eigenvalue weighted by atomic mass is 10.1. The van der Waals surface area contributed by atoms with Crippen LogP contribution in [0.25, 0.3) is 0 Å². The Morgan fingerprint density at radius 3 is 2.37 bits per heavy atom. The average Bonchev–Trinajstić information content (AvgIpc) is 2.58. The van der Waals surface area contributed by atoms with E-state index in [1.807, 2.05) is 26.0 Å². The number of nitrogens with one attached hydrogen (secondary N) is 1. The Morgan fingerprint density at radius 2 is 1.78 bits per heavy atom. The van der Waals surface area contributed by atoms with Gasteiger partial charge in [0.1, 0.15) is 11.9 Å². The maximum Gasteiger partial charge on any atom is 0.243 e. The van der Waals surface area contributed by atoms with Gasteiger partial charge in [0.15, 0.2) is 0 Å². The van der Waals surface area contributed by atoms with Crippen molar-refractivity contribution in [1.82, 2.24) is 5.32 Å². The third-order valence-corrected chi connectivity index (χ3v) is 5.54. The van der Waals surface area contributed by atoms with Crippen LogP contribution in [0.4, 0.5) is 10.1 Å². The first kappa shape index (κ1) is 20.9. The predicted octanol–water partition coefficient (Wildman–Crippen LogP) is 2.96. The number of hydrogen-bond donors (Lipinski definition) is 1. The van der Waals surface area contributed by atoms with Crippen LogP contribution in [0.15, 0.2) is 42.5 Å². The molecule has 2 aromatic carbocycles. The van der Waals surface area contributed by atoms with Gasteiger partial charge in [0.25, 0.3) is 0 Å². The Hall–Kier alpha value is -2.41. The monoisotopic (exact) mass is 392 g/mol. The number of amides is 1. The predicted molar refractivity (Wildman–Crippen MR) is 106 cm³/mol. The fraction of sp³-hybridized carbons (Fsp3) is 0.350. The van der Waals surface area contributed by atoms with Crippen molar-refractivity contribution >= 4 is 21.6 Å². The van der Waals surface area contributed by atoms with Crippen LogP contribution >= 0.6 is 0 Å². The van der Waals surface area contributed by atoms with E-state index in [-0.39, 0.29) is 11.7 Å². The van der Waals surface area contributed by atoms with E-state index in [4.69, 9.17) is 0 Å². The van der Waals surface area contributed by atoms with Gasteiger partial charge in [-0.25, -0.2) is 12.8 Å². The molecule has 1 N–H and O–H groups in total. The second-order valence-electron chi connectivity index (χ2n) is 6.69. The first-order chi connectivity index (χ1) is 12.6. The molecule has 7 heteroatoms. The minimum Gasteiger partial charge on any atom is -0.354 e. The summed E-state index contributed by atoms with van der Waals surface area (Å²) < 4.78 is 38.8. The van der Waals surface area contributed by atoms with E-state index >= 15 is 0 Å². The van der Waals surface area contributed by atoms with Crippen LogP contribution < -0.4 is 9.62 Å². The third-order valence-electron chi connectivity index (χ3n) is 4.32. The van der Waals surface area contributed by atoms with Gasteiger partial charge in [0.2, 0.25) is 15.9 Å². The van der Waals surface area contributed by atoms with Crippen molar-refractivity contribution in [3.05, 3.63) is 65.0 Å². The van der Waals surface area contributed by atoms with Crippen molar-refractivity contribution in [2.75, 3.05) is 17.1 Å². The van der Waals surface area contributed by atoms with Crippen LogP contribution in [0.1, 0.15) is 23.6 Å². The Bertz CT molecular complexity index is 911. The zero-order chi connectivity index (χ0) is 20.2. The van der Waals surface area contributed by atoms with E-state index in [2.05, 4.69) is 5.32 Å². The number of anilines is 1. The van der Waals surface area contributed by atoms with Crippen molar-refractivity contribution in [2.24, 2.45) is 0 Å². The summed E-state index contributed by atoms with van der Waals surface area (Å²) in [7, 11) is -3.65. The molecule has 0 saturated heterocycles. The summed E-state index contributed by atoms with van der Waals surface area (Å²) in [4.78, 5) is 12.6. The molecule has 0 saturated carbocycles. The number of sulfonamides is 1. The van der Waals surface area contributed by atoms with Gasteiger partial charge >= 0.3 is 0 Å². The average molecular weight is 392 g/mol. The summed E-state index contributed by atoms with van der Waals surface area (Å²) in [5.74, 6) is -0.697. The standard InChI is InChI=1S/C20H25FN2O3S/c1-14-5-6-15(2)19(13-14)23(27(4,25)26)16(3)20(24)22-12-11-17-7-9-18(21)10-8-17/h5-10,13,16H,11-12H2,1-4H3,(H,22,24). The summed E-state index contributed by atoms with van der Waals surface area (Å²) in [6.07, 6.45) is 1.62. The number of carbonyl (C=O) groups excluding carboxylic acids is 1. The summed E-state index contributed by atoms with van der Waals surface area (Å²) >= 11 is 0. The van der Waals surface area contributed by atoms with Gasteiger partial charge in [-0.1, -0.05) is 24.3 Å². The lowest BCUT2D eigenvalue weighted by molar-refractivity contribution is -0.121. The fourth-order valence-corrected chi connectivity index (χ4v) is 4.09. The molecular formula is C20H25FN2O3S. The van der Waals surface area contributed by atoms with E-state index in [0.717, 1.165) is 27.3 Å². The summed E-state index contributed by atoms with van der Waals surface area (Å²) in [6, 6.07) is 10.6. The number of hydrogen-bond acceptors (Lipinski definition) is 3. The normalized spacial score (nSPS) is 12.5. The quantitative estimate of drug-likeness (QED) is 0.788. The number of benzene rings is 2. The van der Waals surface area contributed by atoms with Gasteiger partial charge in [-0.3, -0.25) is 9.10 Å². The largest absolute Gasteiger partial charge is 0.354 e. The smallest absolute Gasteiger partial charge is 0.243 e. The Kier molecular flexibility index (Phi) is 6.59. The molecule has 0 bridgehead atoms. The fourth-order valence-electron chi connectivity index (χ4n) is 2.87. The highest BCUT2D eigenvalue weighted by Gasteiger charge is 2.30. The summed E-state index contributed by atoms with van der Waals surface area (Å²) in [5.41, 5.74) is 3.07. The molecule has 2 aromatic rings. The highest BCUT2D eigenvalue weighted by Crippen LogP contribution is 2.26. The molecule has 1 amide bonds. The lowest BCUT2D eigenvalue weighted by Gasteiger charge is -2.29. The number of rotatable bonds is 7. The van der Waals surface area contributed by atoms with Gasteiger partial charge in [-0.15, -0.1) is 0 Å². The Morgan fingerprint density at radius 1 is 1.15 bits per heavy atom. The Balaban J connectivity index is 2.13. The van der Waals surface area contributed by atoms with Crippen molar-refractivity contribution in [3.63, 3.8) is 0 Å². The topological polar surface area (TPSA) is 66.5 Å². The van der Waals surface area contributed by atoms with Crippen LogP contribution in [0.2, 0.25) is 0 Å². The van der Waals surface area contributed by atoms with Gasteiger partial charge in [0, 0.05) is 6.54 Å². The maximum atomic E-state index is 12.9. The molecule has 0 fully saturated rings. The molecule has 0 aliphatic carbocycles. The van der Waals surface area contributed by atoms with Crippen molar-refractivity contribution in [3.8, 4) is 0 Å². The third kappa shape index (κ3) is 5.53. The SMILES string of the molecule is Cc1ccc(C)c(N(C(C)C(=O)NCCc2ccc(F)cc2)S(C)(=O)=O)c1. The zero-order valence-electron chi connectivity index (χ0n) is 16.0. The van der Waals surface area contributed by atoms with E-state index in [0.29, 0.717) is 18.7 Å². The lowest BCUT2D eigenvalue weighted by Crippen LogP contribution is -2.48. The molecule has 0 radical (unpaired) electrons. The second-order valence-corrected chi connectivity index (χ2v) is 8.55. The van der Waals surface area contributed by atoms with Gasteiger partial charge in [-0.2, -0.15) is 0 Å². The number of nitrogens with zero attached hydrogens (tertiary/aromatic N) is 1. The minimum absolute atomic E-state index is 0.311. The molecular weight excluding hydrogens is 367 g/mol. The molecule has 1 unspecified atom stereocenters. The molecule has 0 aliphatic rings. The molecule has 0 aromatic heterocycles. The van der Waals surface area contributed by atoms with E-state index in [9.17, 15) is 17.6 Å². The van der Waals surface area contributed by atoms with Crippen molar-refractivity contribution < 1.29 is 17.6 Å². The molecule has 0 spiro atoms. The van der Waals surface area contributed by atoms with E-state index in [1.165, 1.54) is 12.1 Å². The number of aryl methyl sites for hydroxylation is 2. The van der Waals surface area contributed by atoms with E-state index < -0.39 is 16.1 Å². The van der Waals surface area contributed by atoms with Gasteiger partial charge in [0.05, 0.1) is 11.9 Å². The van der Waals surface area contributed by atoms with Crippen LogP contribution in [-0.2, 0) is 21.2 Å². The van der Waals surface area contributed by atoms with Gasteiger partial charge < -0.3 is 5.32 Å². The van der Waals surface area contributed by atoms with Crippen molar-refractivity contribution in [1.29, 1.82) is 0 Å². The highest BCUT2D eigenvalue weighted by molar-refractivity contribution is 7.92. The Labute approximate surface area is 160 Å². The van der Waals surface area contributed by atoms with Crippen LogP contribution in [0.3, 0.4) is 0 Å². The van der Waals surface area contributed by atoms with Crippen LogP contribution in [-0.4, -0.2) is 33.2 Å². The van der Waals surface area contributed by atoms with Crippen LogP contribution in [0.5, 0.6) is 0 Å². The molecule has 2 rings (SSSR count). The van der Waals surface area contributed by atoms with Crippen LogP contribution in [0, 0.1) is 19.7 Å². The molecule has 27 heavy (non-hydrogen) atoms. The molecule has 5 nitrogen and oxygen atoms in total. The summed E-state index contributed by atoms with van der Waals surface area (Å²) in [5, 5.41) is 2.76. The number of carbonyl (C=O) groups is 1. The molecule has 1 atom stereocenters. The van der Waals surface area contributed by atoms with Gasteiger partial charge in [-0.05, 0) is 62.1 Å². The first-order valence-corrected chi connectivity index (χ1v) is 10.5. The first-order valence-electron chi connectivity index (χ1n) is 8.68. The number of halogens is 1. The molecule has 0 aliphatic heterocycles. The second kappa shape index (κ2) is 8.52.